The SMILES string of the molecule is COCC(NN)c1ccc(F)c(F)c1. The first kappa shape index (κ1) is 11.0. The van der Waals surface area contributed by atoms with Gasteiger partial charge in [0.15, 0.2) is 11.6 Å². The van der Waals surface area contributed by atoms with Crippen LogP contribution in [0, 0.1) is 11.6 Å². The molecule has 1 aromatic rings. The maximum atomic E-state index is 12.8. The molecule has 1 aromatic carbocycles. The Morgan fingerprint density at radius 1 is 1.43 bits per heavy atom. The van der Waals surface area contributed by atoms with E-state index in [2.05, 4.69) is 5.43 Å². The second kappa shape index (κ2) is 4.99. The lowest BCUT2D eigenvalue weighted by Gasteiger charge is -2.15. The van der Waals surface area contributed by atoms with Crippen molar-refractivity contribution in [2.45, 2.75) is 6.04 Å². The lowest BCUT2D eigenvalue weighted by molar-refractivity contribution is 0.167. The molecule has 0 spiro atoms. The quantitative estimate of drug-likeness (QED) is 0.568. The van der Waals surface area contributed by atoms with Gasteiger partial charge in [-0.2, -0.15) is 0 Å². The van der Waals surface area contributed by atoms with Crippen LogP contribution in [0.1, 0.15) is 11.6 Å². The summed E-state index contributed by atoms with van der Waals surface area (Å²) in [7, 11) is 1.50. The Morgan fingerprint density at radius 3 is 2.64 bits per heavy atom. The van der Waals surface area contributed by atoms with E-state index in [4.69, 9.17) is 10.6 Å². The summed E-state index contributed by atoms with van der Waals surface area (Å²) in [5, 5.41) is 0. The standard InChI is InChI=1S/C9H12F2N2O/c1-14-5-9(13-12)6-2-3-7(10)8(11)4-6/h2-4,9,13H,5,12H2,1H3. The van der Waals surface area contributed by atoms with Crippen LogP contribution in [0.5, 0.6) is 0 Å². The van der Waals surface area contributed by atoms with Crippen LogP contribution in [0.15, 0.2) is 18.2 Å². The molecule has 3 nitrogen and oxygen atoms in total. The number of hydrazine groups is 1. The van der Waals surface area contributed by atoms with Crippen molar-refractivity contribution in [3.8, 4) is 0 Å². The first-order valence-corrected chi connectivity index (χ1v) is 4.09. The summed E-state index contributed by atoms with van der Waals surface area (Å²) in [4.78, 5) is 0. The van der Waals surface area contributed by atoms with Crippen LogP contribution in [0.4, 0.5) is 8.78 Å². The Balaban J connectivity index is 2.88. The number of nitrogens with two attached hydrogens (primary N) is 1. The second-order valence-corrected chi connectivity index (χ2v) is 2.85. The fourth-order valence-corrected chi connectivity index (χ4v) is 1.14. The van der Waals surface area contributed by atoms with E-state index >= 15 is 0 Å². The fourth-order valence-electron chi connectivity index (χ4n) is 1.14. The Bertz CT molecular complexity index is 307. The van der Waals surface area contributed by atoms with Gasteiger partial charge in [-0.05, 0) is 17.7 Å². The average Bonchev–Trinajstić information content (AvgIpc) is 2.19. The minimum Gasteiger partial charge on any atom is -0.383 e. The zero-order valence-electron chi connectivity index (χ0n) is 7.76. The molecule has 0 fully saturated rings. The zero-order valence-corrected chi connectivity index (χ0v) is 7.76. The highest BCUT2D eigenvalue weighted by atomic mass is 19.2. The van der Waals surface area contributed by atoms with E-state index in [1.54, 1.807) is 0 Å². The van der Waals surface area contributed by atoms with Gasteiger partial charge in [0.05, 0.1) is 12.6 Å². The van der Waals surface area contributed by atoms with Crippen LogP contribution >= 0.6 is 0 Å². The van der Waals surface area contributed by atoms with E-state index < -0.39 is 11.6 Å². The molecule has 0 heterocycles. The predicted octanol–water partition coefficient (Wildman–Crippen LogP) is 1.12. The molecule has 0 saturated heterocycles. The number of nitrogens with one attached hydrogen (secondary N) is 1. The van der Waals surface area contributed by atoms with Gasteiger partial charge in [0.25, 0.3) is 0 Å². The second-order valence-electron chi connectivity index (χ2n) is 2.85. The molecule has 14 heavy (non-hydrogen) atoms. The normalized spacial score (nSPS) is 12.9. The first-order chi connectivity index (χ1) is 6.69. The number of ether oxygens (including phenoxy) is 1. The highest BCUT2D eigenvalue weighted by Crippen LogP contribution is 2.15. The number of hydrogen-bond acceptors (Lipinski definition) is 3. The maximum Gasteiger partial charge on any atom is 0.159 e. The van der Waals surface area contributed by atoms with Crippen molar-refractivity contribution < 1.29 is 13.5 Å². The van der Waals surface area contributed by atoms with Gasteiger partial charge in [0.1, 0.15) is 0 Å². The summed E-state index contributed by atoms with van der Waals surface area (Å²) in [5.74, 6) is 3.47. The summed E-state index contributed by atoms with van der Waals surface area (Å²) in [6.45, 7) is 0.293. The van der Waals surface area contributed by atoms with Crippen molar-refractivity contribution >= 4 is 0 Å². The molecule has 0 aliphatic carbocycles. The molecule has 5 heteroatoms. The third kappa shape index (κ3) is 2.47. The van der Waals surface area contributed by atoms with Gasteiger partial charge >= 0.3 is 0 Å². The van der Waals surface area contributed by atoms with E-state index in [1.165, 1.54) is 13.2 Å². The topological polar surface area (TPSA) is 47.3 Å². The lowest BCUT2D eigenvalue weighted by Crippen LogP contribution is -2.31. The Labute approximate surface area is 80.8 Å². The van der Waals surface area contributed by atoms with Crippen molar-refractivity contribution in [1.82, 2.24) is 5.43 Å². The van der Waals surface area contributed by atoms with E-state index in [1.807, 2.05) is 0 Å². The summed E-state index contributed by atoms with van der Waals surface area (Å²) < 4.78 is 30.3. The molecule has 0 aliphatic heterocycles. The smallest absolute Gasteiger partial charge is 0.159 e. The molecule has 0 aliphatic rings. The highest BCUT2D eigenvalue weighted by molar-refractivity contribution is 5.21. The molecule has 0 aromatic heterocycles. The third-order valence-corrected chi connectivity index (χ3v) is 1.88. The van der Waals surface area contributed by atoms with Crippen LogP contribution in [-0.2, 0) is 4.74 Å². The molecular weight excluding hydrogens is 190 g/mol. The molecule has 1 atom stereocenters. The van der Waals surface area contributed by atoms with E-state index in [0.717, 1.165) is 12.1 Å². The van der Waals surface area contributed by atoms with Crippen molar-refractivity contribution in [2.75, 3.05) is 13.7 Å². The Morgan fingerprint density at radius 2 is 2.14 bits per heavy atom. The van der Waals surface area contributed by atoms with Crippen LogP contribution in [0.3, 0.4) is 0 Å². The van der Waals surface area contributed by atoms with Gasteiger partial charge < -0.3 is 4.74 Å². The van der Waals surface area contributed by atoms with Crippen LogP contribution in [0.25, 0.3) is 0 Å². The van der Waals surface area contributed by atoms with Gasteiger partial charge in [-0.3, -0.25) is 11.3 Å². The molecule has 3 N–H and O–H groups in total. The third-order valence-electron chi connectivity index (χ3n) is 1.88. The minimum absolute atomic E-state index is 0.293. The number of rotatable bonds is 4. The van der Waals surface area contributed by atoms with Crippen LogP contribution in [0.2, 0.25) is 0 Å². The van der Waals surface area contributed by atoms with Crippen molar-refractivity contribution in [3.05, 3.63) is 35.4 Å². The van der Waals surface area contributed by atoms with Gasteiger partial charge in [-0.25, -0.2) is 8.78 Å². The fraction of sp³-hybridized carbons (Fsp3) is 0.333. The van der Waals surface area contributed by atoms with Gasteiger partial charge in [-0.1, -0.05) is 6.07 Å². The molecule has 0 saturated carbocycles. The molecule has 1 rings (SSSR count). The maximum absolute atomic E-state index is 12.8. The Kier molecular flexibility index (Phi) is 3.94. The average molecular weight is 202 g/mol. The molecule has 78 valence electrons. The van der Waals surface area contributed by atoms with Gasteiger partial charge in [-0.15, -0.1) is 0 Å². The summed E-state index contributed by atoms with van der Waals surface area (Å²) in [6, 6.07) is 3.28. The number of methoxy groups -OCH3 is 1. The number of benzene rings is 1. The largest absolute Gasteiger partial charge is 0.383 e. The zero-order chi connectivity index (χ0) is 10.6. The van der Waals surface area contributed by atoms with Gasteiger partial charge in [0, 0.05) is 7.11 Å². The van der Waals surface area contributed by atoms with Crippen LogP contribution in [-0.4, -0.2) is 13.7 Å². The summed E-state index contributed by atoms with van der Waals surface area (Å²) in [6.07, 6.45) is 0. The van der Waals surface area contributed by atoms with Crippen LogP contribution < -0.4 is 11.3 Å². The van der Waals surface area contributed by atoms with Crippen molar-refractivity contribution in [2.24, 2.45) is 5.84 Å². The molecule has 1 unspecified atom stereocenters. The number of halogens is 2. The lowest BCUT2D eigenvalue weighted by atomic mass is 10.1. The van der Waals surface area contributed by atoms with E-state index in [-0.39, 0.29) is 6.04 Å². The van der Waals surface area contributed by atoms with E-state index in [0.29, 0.717) is 12.2 Å². The van der Waals surface area contributed by atoms with E-state index in [9.17, 15) is 8.78 Å². The summed E-state index contributed by atoms with van der Waals surface area (Å²) in [5.41, 5.74) is 3.00. The molecule has 0 radical (unpaired) electrons. The minimum atomic E-state index is -0.890. The predicted molar refractivity (Wildman–Crippen MR) is 48.3 cm³/mol. The number of hydrogen-bond donors (Lipinski definition) is 2. The summed E-state index contributed by atoms with van der Waals surface area (Å²) >= 11 is 0. The first-order valence-electron chi connectivity index (χ1n) is 4.09. The van der Waals surface area contributed by atoms with Crippen molar-refractivity contribution in [3.63, 3.8) is 0 Å². The van der Waals surface area contributed by atoms with Crippen molar-refractivity contribution in [1.29, 1.82) is 0 Å². The van der Waals surface area contributed by atoms with Gasteiger partial charge in [0.2, 0.25) is 0 Å². The molecular formula is C9H12F2N2O. The molecule has 0 amide bonds. The highest BCUT2D eigenvalue weighted by Gasteiger charge is 2.11. The molecule has 0 bridgehead atoms. The Hall–Kier alpha value is -1.04. The monoisotopic (exact) mass is 202 g/mol.